The normalized spacial score (nSPS) is 13.9. The molecule has 6 nitrogen and oxygen atoms in total. The first-order valence-electron chi connectivity index (χ1n) is 10.2. The summed E-state index contributed by atoms with van der Waals surface area (Å²) in [6.07, 6.45) is 1.59. The number of anilines is 1. The van der Waals surface area contributed by atoms with E-state index in [1.807, 2.05) is 41.3 Å². The zero-order valence-corrected chi connectivity index (χ0v) is 20.0. The molecule has 3 rings (SSSR count). The van der Waals surface area contributed by atoms with Gasteiger partial charge in [0.2, 0.25) is 5.91 Å². The predicted molar refractivity (Wildman–Crippen MR) is 132 cm³/mol. The maximum absolute atomic E-state index is 11.9. The maximum atomic E-state index is 11.9. The summed E-state index contributed by atoms with van der Waals surface area (Å²) < 4.78 is 5.28. The van der Waals surface area contributed by atoms with Gasteiger partial charge in [-0.15, -0.1) is 24.0 Å². The summed E-state index contributed by atoms with van der Waals surface area (Å²) in [4.78, 5) is 18.4. The highest BCUT2D eigenvalue weighted by Crippen LogP contribution is 2.21. The summed E-state index contributed by atoms with van der Waals surface area (Å²) in [6.45, 7) is 5.51. The lowest BCUT2D eigenvalue weighted by Gasteiger charge is -2.16. The number of amides is 1. The van der Waals surface area contributed by atoms with E-state index in [9.17, 15) is 4.79 Å². The van der Waals surface area contributed by atoms with Gasteiger partial charge in [0, 0.05) is 38.9 Å². The summed E-state index contributed by atoms with van der Waals surface area (Å²) in [6, 6.07) is 16.3. The van der Waals surface area contributed by atoms with E-state index in [0.29, 0.717) is 26.1 Å². The summed E-state index contributed by atoms with van der Waals surface area (Å²) in [7, 11) is 1.71. The van der Waals surface area contributed by atoms with Gasteiger partial charge in [-0.2, -0.15) is 0 Å². The molecular weight excluding hydrogens is 491 g/mol. The number of hydrogen-bond acceptors (Lipinski definition) is 3. The molecule has 0 aliphatic carbocycles. The van der Waals surface area contributed by atoms with E-state index < -0.39 is 0 Å². The number of carbonyl (C=O) groups is 1. The molecule has 1 aliphatic rings. The van der Waals surface area contributed by atoms with Crippen LogP contribution in [0.4, 0.5) is 5.69 Å². The third-order valence-electron chi connectivity index (χ3n) is 4.95. The topological polar surface area (TPSA) is 66.0 Å². The Labute approximate surface area is 196 Å². The highest BCUT2D eigenvalue weighted by atomic mass is 127. The summed E-state index contributed by atoms with van der Waals surface area (Å²) >= 11 is 0. The number of nitrogens with zero attached hydrogens (tertiary/aromatic N) is 2. The first kappa shape index (κ1) is 24.1. The number of carbonyl (C=O) groups excluding carboxylic acids is 1. The zero-order valence-electron chi connectivity index (χ0n) is 17.7. The molecule has 30 heavy (non-hydrogen) atoms. The van der Waals surface area contributed by atoms with Crippen LogP contribution in [0.5, 0.6) is 0 Å². The first-order chi connectivity index (χ1) is 14.2. The number of halogens is 1. The fraction of sp³-hybridized carbons (Fsp3) is 0.391. The second-order valence-corrected chi connectivity index (χ2v) is 7.07. The third-order valence-corrected chi connectivity index (χ3v) is 4.95. The minimum Gasteiger partial charge on any atom is -0.380 e. The number of ether oxygens (including phenoxy) is 1. The Hall–Kier alpha value is -2.13. The van der Waals surface area contributed by atoms with Crippen molar-refractivity contribution in [2.45, 2.75) is 39.5 Å². The molecule has 2 N–H and O–H groups in total. The van der Waals surface area contributed by atoms with E-state index in [1.54, 1.807) is 7.11 Å². The number of aliphatic imine (C=N–C) groups is 1. The highest BCUT2D eigenvalue weighted by Gasteiger charge is 2.21. The Bertz CT molecular complexity index is 839. The van der Waals surface area contributed by atoms with Crippen LogP contribution in [0, 0.1) is 0 Å². The smallest absolute Gasteiger partial charge is 0.227 e. The fourth-order valence-corrected chi connectivity index (χ4v) is 3.42. The van der Waals surface area contributed by atoms with Crippen LogP contribution in [0.3, 0.4) is 0 Å². The number of nitrogens with one attached hydrogen (secondary N) is 2. The van der Waals surface area contributed by atoms with Crippen LogP contribution in [0.25, 0.3) is 0 Å². The Morgan fingerprint density at radius 2 is 1.83 bits per heavy atom. The largest absolute Gasteiger partial charge is 0.380 e. The second kappa shape index (κ2) is 12.5. The highest BCUT2D eigenvalue weighted by molar-refractivity contribution is 14.0. The number of rotatable bonds is 8. The summed E-state index contributed by atoms with van der Waals surface area (Å²) in [5, 5.41) is 6.69. The second-order valence-electron chi connectivity index (χ2n) is 7.07. The molecule has 1 aliphatic heterocycles. The first-order valence-corrected chi connectivity index (χ1v) is 10.2. The zero-order chi connectivity index (χ0) is 20.5. The molecule has 1 heterocycles. The molecule has 1 fully saturated rings. The number of hydrogen-bond donors (Lipinski definition) is 2. The van der Waals surface area contributed by atoms with Gasteiger partial charge in [-0.25, -0.2) is 4.99 Å². The van der Waals surface area contributed by atoms with Crippen LogP contribution in [0.1, 0.15) is 36.5 Å². The van der Waals surface area contributed by atoms with Gasteiger partial charge in [-0.1, -0.05) is 36.4 Å². The van der Waals surface area contributed by atoms with Crippen molar-refractivity contribution >= 4 is 41.5 Å². The lowest BCUT2D eigenvalue weighted by molar-refractivity contribution is -0.117. The van der Waals surface area contributed by atoms with Crippen LogP contribution in [0.2, 0.25) is 0 Å². The number of guanidine groups is 1. The van der Waals surface area contributed by atoms with Crippen LogP contribution in [0.15, 0.2) is 53.5 Å². The Morgan fingerprint density at radius 1 is 1.10 bits per heavy atom. The van der Waals surface area contributed by atoms with Crippen molar-refractivity contribution in [3.05, 3.63) is 65.2 Å². The molecule has 0 radical (unpaired) electrons. The van der Waals surface area contributed by atoms with Crippen molar-refractivity contribution in [3.63, 3.8) is 0 Å². The molecule has 0 saturated carbocycles. The van der Waals surface area contributed by atoms with Crippen LogP contribution < -0.4 is 15.5 Å². The minimum absolute atomic E-state index is 0. The van der Waals surface area contributed by atoms with Crippen LogP contribution in [-0.2, 0) is 29.2 Å². The van der Waals surface area contributed by atoms with E-state index >= 15 is 0 Å². The van der Waals surface area contributed by atoms with Crippen molar-refractivity contribution < 1.29 is 9.53 Å². The quantitative estimate of drug-likeness (QED) is 0.314. The summed E-state index contributed by atoms with van der Waals surface area (Å²) in [5.74, 6) is 0.988. The Balaban J connectivity index is 0.00000320. The van der Waals surface area contributed by atoms with Crippen molar-refractivity contribution in [1.82, 2.24) is 10.6 Å². The molecule has 0 atom stereocenters. The molecule has 7 heteroatoms. The van der Waals surface area contributed by atoms with Crippen molar-refractivity contribution in [3.8, 4) is 0 Å². The molecule has 0 spiro atoms. The Kier molecular flexibility index (Phi) is 10.1. The van der Waals surface area contributed by atoms with Gasteiger partial charge >= 0.3 is 0 Å². The van der Waals surface area contributed by atoms with Crippen molar-refractivity contribution in [2.24, 2.45) is 4.99 Å². The minimum atomic E-state index is 0. The maximum Gasteiger partial charge on any atom is 0.227 e. The van der Waals surface area contributed by atoms with E-state index in [4.69, 9.17) is 9.73 Å². The van der Waals surface area contributed by atoms with E-state index in [1.165, 1.54) is 11.1 Å². The van der Waals surface area contributed by atoms with Gasteiger partial charge in [0.05, 0.1) is 13.2 Å². The molecule has 0 unspecified atom stereocenters. The molecule has 0 aromatic heterocycles. The summed E-state index contributed by atoms with van der Waals surface area (Å²) in [5.41, 5.74) is 4.45. The number of benzene rings is 2. The van der Waals surface area contributed by atoms with Crippen LogP contribution in [-0.4, -0.2) is 32.1 Å². The lowest BCUT2D eigenvalue weighted by Crippen LogP contribution is -2.37. The SMILES string of the molecule is CCNC(=NCc1ccc(N2CCCC2=O)cc1)NCc1ccccc1COC.I. The fourth-order valence-electron chi connectivity index (χ4n) is 3.42. The van der Waals surface area contributed by atoms with Gasteiger partial charge in [-0.3, -0.25) is 4.79 Å². The molecule has 2 aromatic carbocycles. The van der Waals surface area contributed by atoms with Gasteiger partial charge in [0.1, 0.15) is 0 Å². The molecule has 2 aromatic rings. The standard InChI is InChI=1S/C23H30N4O2.HI/c1-3-24-23(26-16-19-7-4-5-8-20(19)17-29-2)25-15-18-10-12-21(13-11-18)27-14-6-9-22(27)28;/h4-5,7-8,10-13H,3,6,9,14-17H2,1-2H3,(H2,24,25,26);1H. The van der Waals surface area contributed by atoms with E-state index in [2.05, 4.69) is 29.7 Å². The van der Waals surface area contributed by atoms with Gasteiger partial charge in [0.25, 0.3) is 0 Å². The average Bonchev–Trinajstić information content (AvgIpc) is 3.17. The predicted octanol–water partition coefficient (Wildman–Crippen LogP) is 3.83. The number of methoxy groups -OCH3 is 1. The van der Waals surface area contributed by atoms with E-state index in [-0.39, 0.29) is 29.9 Å². The Morgan fingerprint density at radius 3 is 2.47 bits per heavy atom. The lowest BCUT2D eigenvalue weighted by atomic mass is 10.1. The third kappa shape index (κ3) is 6.70. The average molecular weight is 522 g/mol. The van der Waals surface area contributed by atoms with E-state index in [0.717, 1.165) is 36.7 Å². The van der Waals surface area contributed by atoms with Gasteiger partial charge in [-0.05, 0) is 42.2 Å². The van der Waals surface area contributed by atoms with Crippen molar-refractivity contribution in [2.75, 3.05) is 25.1 Å². The van der Waals surface area contributed by atoms with Crippen LogP contribution >= 0.6 is 24.0 Å². The van der Waals surface area contributed by atoms with Gasteiger partial charge in [0.15, 0.2) is 5.96 Å². The molecule has 0 bridgehead atoms. The van der Waals surface area contributed by atoms with Crippen molar-refractivity contribution in [1.29, 1.82) is 0 Å². The molecule has 1 amide bonds. The molecular formula is C23H31IN4O2. The monoisotopic (exact) mass is 522 g/mol. The van der Waals surface area contributed by atoms with Gasteiger partial charge < -0.3 is 20.3 Å². The molecule has 1 saturated heterocycles. The molecule has 162 valence electrons.